The fraction of sp³-hybridized carbons (Fsp3) is 0.429. The summed E-state index contributed by atoms with van der Waals surface area (Å²) >= 11 is 0. The van der Waals surface area contributed by atoms with Gasteiger partial charge in [0.05, 0.1) is 0 Å². The molecule has 0 bridgehead atoms. The molecule has 1 fully saturated rings. The lowest BCUT2D eigenvalue weighted by Gasteiger charge is -2.28. The van der Waals surface area contributed by atoms with Gasteiger partial charge in [-0.25, -0.2) is 0 Å². The Labute approximate surface area is 124 Å². The lowest BCUT2D eigenvalue weighted by molar-refractivity contribution is -0.116. The van der Waals surface area contributed by atoms with E-state index in [1.807, 2.05) is 17.0 Å². The van der Waals surface area contributed by atoms with E-state index in [9.17, 15) is 9.59 Å². The number of amides is 2. The first kappa shape index (κ1) is 14.8. The molecule has 2 amide bonds. The number of fused-ring (bicyclic) bond motifs is 1. The summed E-state index contributed by atoms with van der Waals surface area (Å²) in [5, 5.41) is 6.07. The highest BCUT2D eigenvalue weighted by atomic mass is 35.5. The Morgan fingerprint density at radius 2 is 1.90 bits per heavy atom. The summed E-state index contributed by atoms with van der Waals surface area (Å²) in [4.78, 5) is 25.5. The lowest BCUT2D eigenvalue weighted by atomic mass is 10.00. The van der Waals surface area contributed by atoms with Gasteiger partial charge >= 0.3 is 0 Å². The molecule has 3 rings (SSSR count). The Balaban J connectivity index is 0.00000147. The molecule has 0 aromatic heterocycles. The molecule has 108 valence electrons. The number of benzene rings is 1. The molecular weight excluding hydrogens is 278 g/mol. The third kappa shape index (κ3) is 2.94. The minimum atomic E-state index is 0. The first-order valence-corrected chi connectivity index (χ1v) is 6.67. The first-order chi connectivity index (χ1) is 9.24. The second-order valence-corrected chi connectivity index (χ2v) is 4.96. The van der Waals surface area contributed by atoms with Crippen LogP contribution in [-0.4, -0.2) is 42.9 Å². The maximum absolute atomic E-state index is 12.4. The number of halogens is 1. The Bertz CT molecular complexity index is 527. The smallest absolute Gasteiger partial charge is 0.253 e. The van der Waals surface area contributed by atoms with Crippen LogP contribution in [0.25, 0.3) is 0 Å². The average Bonchev–Trinajstić information content (AvgIpc) is 2.47. The molecule has 20 heavy (non-hydrogen) atoms. The van der Waals surface area contributed by atoms with E-state index in [1.165, 1.54) is 0 Å². The van der Waals surface area contributed by atoms with Crippen LogP contribution in [0.4, 0.5) is 5.69 Å². The Morgan fingerprint density at radius 3 is 2.65 bits per heavy atom. The second-order valence-electron chi connectivity index (χ2n) is 4.96. The fourth-order valence-electron chi connectivity index (χ4n) is 2.57. The van der Waals surface area contributed by atoms with Gasteiger partial charge in [0.2, 0.25) is 5.91 Å². The summed E-state index contributed by atoms with van der Waals surface area (Å²) in [6.45, 7) is 3.22. The Hall–Kier alpha value is -1.59. The van der Waals surface area contributed by atoms with E-state index < -0.39 is 0 Å². The quantitative estimate of drug-likeness (QED) is 0.814. The van der Waals surface area contributed by atoms with Crippen LogP contribution in [0.3, 0.4) is 0 Å². The van der Waals surface area contributed by atoms with Crippen molar-refractivity contribution >= 4 is 29.9 Å². The van der Waals surface area contributed by atoms with Crippen molar-refractivity contribution in [3.63, 3.8) is 0 Å². The maximum Gasteiger partial charge on any atom is 0.253 e. The van der Waals surface area contributed by atoms with Crippen LogP contribution in [0.1, 0.15) is 22.3 Å². The molecule has 1 aromatic rings. The van der Waals surface area contributed by atoms with Crippen LogP contribution in [0.5, 0.6) is 0 Å². The number of piperazine rings is 1. The van der Waals surface area contributed by atoms with Gasteiger partial charge in [-0.3, -0.25) is 9.59 Å². The van der Waals surface area contributed by atoms with E-state index in [1.54, 1.807) is 6.07 Å². The van der Waals surface area contributed by atoms with Crippen LogP contribution >= 0.6 is 12.4 Å². The molecule has 2 N–H and O–H groups in total. The standard InChI is InChI=1S/C14H17N3O2.ClH/c18-13-4-2-10-9-11(1-3-12(10)16-13)14(19)17-7-5-15-6-8-17;/h1,3,9,15H,2,4-8H2,(H,16,18);1H. The molecule has 0 unspecified atom stereocenters. The summed E-state index contributed by atoms with van der Waals surface area (Å²) in [5.41, 5.74) is 2.62. The van der Waals surface area contributed by atoms with Crippen LogP contribution in [0.15, 0.2) is 18.2 Å². The normalized spacial score (nSPS) is 17.8. The molecule has 5 nitrogen and oxygen atoms in total. The predicted octanol–water partition coefficient (Wildman–Crippen LogP) is 1.04. The number of aryl methyl sites for hydroxylation is 1. The van der Waals surface area contributed by atoms with Crippen LogP contribution in [0.2, 0.25) is 0 Å². The molecule has 2 heterocycles. The van der Waals surface area contributed by atoms with E-state index in [2.05, 4.69) is 10.6 Å². The van der Waals surface area contributed by atoms with Gasteiger partial charge in [-0.2, -0.15) is 0 Å². The molecule has 0 atom stereocenters. The van der Waals surface area contributed by atoms with Gasteiger partial charge in [-0.05, 0) is 30.2 Å². The van der Waals surface area contributed by atoms with Gasteiger partial charge < -0.3 is 15.5 Å². The summed E-state index contributed by atoms with van der Waals surface area (Å²) in [5.74, 6) is 0.134. The zero-order chi connectivity index (χ0) is 13.2. The van der Waals surface area contributed by atoms with E-state index in [0.717, 1.165) is 43.0 Å². The zero-order valence-electron chi connectivity index (χ0n) is 11.1. The Morgan fingerprint density at radius 1 is 1.15 bits per heavy atom. The molecule has 2 aliphatic heterocycles. The van der Waals surface area contributed by atoms with Crippen molar-refractivity contribution in [1.82, 2.24) is 10.2 Å². The minimum Gasteiger partial charge on any atom is -0.336 e. The van der Waals surface area contributed by atoms with Gasteiger partial charge in [-0.1, -0.05) is 0 Å². The highest BCUT2D eigenvalue weighted by Crippen LogP contribution is 2.24. The van der Waals surface area contributed by atoms with E-state index >= 15 is 0 Å². The second kappa shape index (κ2) is 6.24. The maximum atomic E-state index is 12.4. The number of rotatable bonds is 1. The van der Waals surface area contributed by atoms with Crippen molar-refractivity contribution in [2.24, 2.45) is 0 Å². The number of nitrogens with zero attached hydrogens (tertiary/aromatic N) is 1. The van der Waals surface area contributed by atoms with Crippen LogP contribution < -0.4 is 10.6 Å². The minimum absolute atomic E-state index is 0. The number of carbonyl (C=O) groups excluding carboxylic acids is 2. The third-order valence-corrected chi connectivity index (χ3v) is 3.65. The predicted molar refractivity (Wildman–Crippen MR) is 79.4 cm³/mol. The number of hydrogen-bond acceptors (Lipinski definition) is 3. The monoisotopic (exact) mass is 295 g/mol. The highest BCUT2D eigenvalue weighted by molar-refractivity contribution is 5.98. The first-order valence-electron chi connectivity index (χ1n) is 6.67. The van der Waals surface area contributed by atoms with E-state index in [4.69, 9.17) is 0 Å². The van der Waals surface area contributed by atoms with Crippen molar-refractivity contribution in [3.8, 4) is 0 Å². The number of anilines is 1. The summed E-state index contributed by atoms with van der Waals surface area (Å²) in [6, 6.07) is 5.55. The van der Waals surface area contributed by atoms with E-state index in [0.29, 0.717) is 12.8 Å². The van der Waals surface area contributed by atoms with Gasteiger partial charge in [0.1, 0.15) is 0 Å². The Kier molecular flexibility index (Phi) is 4.62. The van der Waals surface area contributed by atoms with Crippen molar-refractivity contribution in [1.29, 1.82) is 0 Å². The van der Waals surface area contributed by atoms with Crippen molar-refractivity contribution in [2.45, 2.75) is 12.8 Å². The van der Waals surface area contributed by atoms with Gasteiger partial charge in [0.15, 0.2) is 0 Å². The van der Waals surface area contributed by atoms with Gasteiger partial charge in [0, 0.05) is 43.9 Å². The highest BCUT2D eigenvalue weighted by Gasteiger charge is 2.20. The van der Waals surface area contributed by atoms with Crippen molar-refractivity contribution in [3.05, 3.63) is 29.3 Å². The SMILES string of the molecule is Cl.O=C1CCc2cc(C(=O)N3CCNCC3)ccc2N1. The summed E-state index contributed by atoms with van der Waals surface area (Å²) in [6.07, 6.45) is 1.21. The zero-order valence-corrected chi connectivity index (χ0v) is 12.0. The molecule has 0 radical (unpaired) electrons. The fourth-order valence-corrected chi connectivity index (χ4v) is 2.57. The van der Waals surface area contributed by atoms with Gasteiger partial charge in [-0.15, -0.1) is 12.4 Å². The molecule has 1 aromatic carbocycles. The molecule has 2 aliphatic rings. The largest absolute Gasteiger partial charge is 0.336 e. The molecule has 0 saturated carbocycles. The summed E-state index contributed by atoms with van der Waals surface area (Å²) in [7, 11) is 0. The van der Waals surface area contributed by atoms with Gasteiger partial charge in [0.25, 0.3) is 5.91 Å². The lowest BCUT2D eigenvalue weighted by Crippen LogP contribution is -2.46. The van der Waals surface area contributed by atoms with E-state index in [-0.39, 0.29) is 24.2 Å². The summed E-state index contributed by atoms with van der Waals surface area (Å²) < 4.78 is 0. The topological polar surface area (TPSA) is 61.4 Å². The number of hydrogen-bond donors (Lipinski definition) is 2. The molecule has 0 aliphatic carbocycles. The molecule has 0 spiro atoms. The van der Waals surface area contributed by atoms with Crippen LogP contribution in [-0.2, 0) is 11.2 Å². The van der Waals surface area contributed by atoms with Crippen LogP contribution in [0, 0.1) is 0 Å². The molecule has 1 saturated heterocycles. The molecule has 6 heteroatoms. The van der Waals surface area contributed by atoms with Crippen molar-refractivity contribution < 1.29 is 9.59 Å². The average molecular weight is 296 g/mol. The molecular formula is C14H18ClN3O2. The van der Waals surface area contributed by atoms with Crippen molar-refractivity contribution in [2.75, 3.05) is 31.5 Å². The number of carbonyl (C=O) groups is 2. The number of nitrogens with one attached hydrogen (secondary N) is 2. The third-order valence-electron chi connectivity index (χ3n) is 3.65.